The van der Waals surface area contributed by atoms with Crippen molar-refractivity contribution < 1.29 is 4.79 Å². The fourth-order valence-electron chi connectivity index (χ4n) is 2.57. The van der Waals surface area contributed by atoms with E-state index in [1.165, 1.54) is 37.8 Å². The van der Waals surface area contributed by atoms with Crippen LogP contribution in [-0.2, 0) is 4.79 Å². The molecule has 0 atom stereocenters. The molecule has 1 aliphatic heterocycles. The van der Waals surface area contributed by atoms with E-state index in [2.05, 4.69) is 10.3 Å². The molecule has 84 valence electrons. The van der Waals surface area contributed by atoms with Gasteiger partial charge in [-0.15, -0.1) is 0 Å². The summed E-state index contributed by atoms with van der Waals surface area (Å²) in [6.07, 6.45) is 8.17. The first-order valence-electron chi connectivity index (χ1n) is 6.16. The summed E-state index contributed by atoms with van der Waals surface area (Å²) in [6, 6.07) is 0. The first kappa shape index (κ1) is 10.7. The number of aliphatic imine (C=N–C) groups is 1. The van der Waals surface area contributed by atoms with Gasteiger partial charge in [0.15, 0.2) is 0 Å². The monoisotopic (exact) mass is 208 g/mol. The summed E-state index contributed by atoms with van der Waals surface area (Å²) in [4.78, 5) is 15.9. The van der Waals surface area contributed by atoms with Crippen LogP contribution >= 0.6 is 0 Å². The second-order valence-electron chi connectivity index (χ2n) is 4.56. The van der Waals surface area contributed by atoms with Crippen LogP contribution in [-0.4, -0.2) is 24.7 Å². The summed E-state index contributed by atoms with van der Waals surface area (Å²) in [5, 5.41) is 2.86. The second-order valence-corrected chi connectivity index (χ2v) is 4.56. The number of nitrogens with one attached hydrogen (secondary N) is 1. The van der Waals surface area contributed by atoms with Crippen LogP contribution in [0.25, 0.3) is 0 Å². The summed E-state index contributed by atoms with van der Waals surface area (Å²) in [5.74, 6) is 0.878. The maximum atomic E-state index is 11.3. The highest BCUT2D eigenvalue weighted by molar-refractivity contribution is 5.91. The van der Waals surface area contributed by atoms with Crippen molar-refractivity contribution in [2.75, 3.05) is 13.1 Å². The van der Waals surface area contributed by atoms with Crippen LogP contribution in [0, 0.1) is 5.92 Å². The molecule has 15 heavy (non-hydrogen) atoms. The lowest BCUT2D eigenvalue weighted by Crippen LogP contribution is -2.30. The average molecular weight is 208 g/mol. The van der Waals surface area contributed by atoms with Crippen molar-refractivity contribution in [2.24, 2.45) is 10.9 Å². The Balaban J connectivity index is 1.95. The van der Waals surface area contributed by atoms with E-state index in [-0.39, 0.29) is 5.91 Å². The molecule has 0 saturated heterocycles. The molecule has 1 saturated carbocycles. The Morgan fingerprint density at radius 3 is 2.73 bits per heavy atom. The molecular weight excluding hydrogens is 188 g/mol. The van der Waals surface area contributed by atoms with Gasteiger partial charge >= 0.3 is 0 Å². The van der Waals surface area contributed by atoms with Crippen molar-refractivity contribution in [3.8, 4) is 0 Å². The molecule has 0 radical (unpaired) electrons. The number of carbonyl (C=O) groups excluding carboxylic acids is 1. The lowest BCUT2D eigenvalue weighted by Gasteiger charge is -2.24. The Morgan fingerprint density at radius 2 is 1.93 bits per heavy atom. The van der Waals surface area contributed by atoms with Gasteiger partial charge in [-0.3, -0.25) is 9.79 Å². The molecule has 0 spiro atoms. The van der Waals surface area contributed by atoms with Gasteiger partial charge < -0.3 is 5.32 Å². The first-order valence-corrected chi connectivity index (χ1v) is 6.16. The number of hydrogen-bond donors (Lipinski definition) is 1. The Labute approximate surface area is 91.3 Å². The Kier molecular flexibility index (Phi) is 3.75. The SMILES string of the molecule is O=C1CCC(C2CCCCC2)=NCCN1. The van der Waals surface area contributed by atoms with Crippen LogP contribution < -0.4 is 5.32 Å². The van der Waals surface area contributed by atoms with Crippen molar-refractivity contribution in [3.05, 3.63) is 0 Å². The van der Waals surface area contributed by atoms with Crippen LogP contribution in [0.3, 0.4) is 0 Å². The molecule has 1 fully saturated rings. The second kappa shape index (κ2) is 5.29. The number of rotatable bonds is 1. The van der Waals surface area contributed by atoms with Gasteiger partial charge in [-0.05, 0) is 25.2 Å². The molecule has 1 N–H and O–H groups in total. The zero-order valence-electron chi connectivity index (χ0n) is 9.30. The van der Waals surface area contributed by atoms with E-state index < -0.39 is 0 Å². The van der Waals surface area contributed by atoms with E-state index in [1.54, 1.807) is 0 Å². The van der Waals surface area contributed by atoms with Crippen molar-refractivity contribution in [1.29, 1.82) is 0 Å². The molecule has 0 unspecified atom stereocenters. The first-order chi connectivity index (χ1) is 7.36. The zero-order chi connectivity index (χ0) is 10.5. The van der Waals surface area contributed by atoms with Gasteiger partial charge in [0.05, 0.1) is 6.54 Å². The number of nitrogens with zero attached hydrogens (tertiary/aromatic N) is 1. The van der Waals surface area contributed by atoms with Gasteiger partial charge in [0.2, 0.25) is 5.91 Å². The summed E-state index contributed by atoms with van der Waals surface area (Å²) in [5.41, 5.74) is 1.32. The summed E-state index contributed by atoms with van der Waals surface area (Å²) >= 11 is 0. The summed E-state index contributed by atoms with van der Waals surface area (Å²) < 4.78 is 0. The normalized spacial score (nSPS) is 25.1. The minimum Gasteiger partial charge on any atom is -0.354 e. The highest BCUT2D eigenvalue weighted by atomic mass is 16.1. The molecule has 3 heteroatoms. The van der Waals surface area contributed by atoms with E-state index >= 15 is 0 Å². The van der Waals surface area contributed by atoms with Gasteiger partial charge in [-0.2, -0.15) is 0 Å². The number of amides is 1. The van der Waals surface area contributed by atoms with Crippen LogP contribution in [0.4, 0.5) is 0 Å². The predicted octanol–water partition coefficient (Wildman–Crippen LogP) is 1.92. The van der Waals surface area contributed by atoms with E-state index in [0.29, 0.717) is 12.3 Å². The fraction of sp³-hybridized carbons (Fsp3) is 0.833. The molecule has 0 aromatic carbocycles. The topological polar surface area (TPSA) is 41.5 Å². The maximum absolute atomic E-state index is 11.3. The van der Waals surface area contributed by atoms with Crippen molar-refractivity contribution in [3.63, 3.8) is 0 Å². The molecule has 2 aliphatic rings. The summed E-state index contributed by atoms with van der Waals surface area (Å²) in [7, 11) is 0. The predicted molar refractivity (Wildman–Crippen MR) is 61.1 cm³/mol. The Hall–Kier alpha value is -0.860. The van der Waals surface area contributed by atoms with Crippen molar-refractivity contribution in [1.82, 2.24) is 5.32 Å². The van der Waals surface area contributed by atoms with Gasteiger partial charge in [0.25, 0.3) is 0 Å². The van der Waals surface area contributed by atoms with Crippen LogP contribution in [0.2, 0.25) is 0 Å². The van der Waals surface area contributed by atoms with E-state index in [0.717, 1.165) is 19.5 Å². The highest BCUT2D eigenvalue weighted by Crippen LogP contribution is 2.26. The fourth-order valence-corrected chi connectivity index (χ4v) is 2.57. The minimum absolute atomic E-state index is 0.193. The minimum atomic E-state index is 0.193. The third kappa shape index (κ3) is 3.05. The molecule has 1 amide bonds. The number of carbonyl (C=O) groups is 1. The van der Waals surface area contributed by atoms with E-state index in [9.17, 15) is 4.79 Å². The van der Waals surface area contributed by atoms with E-state index in [4.69, 9.17) is 0 Å². The molecular formula is C12H20N2O. The highest BCUT2D eigenvalue weighted by Gasteiger charge is 2.20. The van der Waals surface area contributed by atoms with Crippen molar-refractivity contribution in [2.45, 2.75) is 44.9 Å². The van der Waals surface area contributed by atoms with Gasteiger partial charge in [-0.25, -0.2) is 0 Å². The van der Waals surface area contributed by atoms with Gasteiger partial charge in [-0.1, -0.05) is 19.3 Å². The molecule has 0 aromatic rings. The molecule has 3 nitrogen and oxygen atoms in total. The third-order valence-electron chi connectivity index (χ3n) is 3.43. The van der Waals surface area contributed by atoms with Crippen molar-refractivity contribution >= 4 is 11.6 Å². The third-order valence-corrected chi connectivity index (χ3v) is 3.43. The summed E-state index contributed by atoms with van der Waals surface area (Å²) in [6.45, 7) is 1.49. The lowest BCUT2D eigenvalue weighted by atomic mass is 9.84. The standard InChI is InChI=1S/C12H20N2O/c15-12-7-6-11(13-8-9-14-12)10-4-2-1-3-5-10/h10H,1-9H2,(H,14,15). The van der Waals surface area contributed by atoms with Crippen LogP contribution in [0.1, 0.15) is 44.9 Å². The van der Waals surface area contributed by atoms with Crippen LogP contribution in [0.5, 0.6) is 0 Å². The van der Waals surface area contributed by atoms with Crippen LogP contribution in [0.15, 0.2) is 4.99 Å². The van der Waals surface area contributed by atoms with E-state index in [1.807, 2.05) is 0 Å². The molecule has 2 rings (SSSR count). The lowest BCUT2D eigenvalue weighted by molar-refractivity contribution is -0.120. The number of hydrogen-bond acceptors (Lipinski definition) is 2. The van der Waals surface area contributed by atoms with Gasteiger partial charge in [0.1, 0.15) is 0 Å². The largest absolute Gasteiger partial charge is 0.354 e. The Morgan fingerprint density at radius 1 is 1.13 bits per heavy atom. The molecule has 1 heterocycles. The quantitative estimate of drug-likeness (QED) is 0.702. The Bertz CT molecular complexity index is 254. The zero-order valence-corrected chi connectivity index (χ0v) is 9.30. The maximum Gasteiger partial charge on any atom is 0.220 e. The average Bonchev–Trinajstić information content (AvgIpc) is 2.25. The van der Waals surface area contributed by atoms with Gasteiger partial charge in [0, 0.05) is 18.7 Å². The molecule has 0 bridgehead atoms. The molecule has 0 aromatic heterocycles. The smallest absolute Gasteiger partial charge is 0.220 e. The molecule has 1 aliphatic carbocycles.